The molecule has 9 heteroatoms. The number of aromatic nitrogens is 3. The normalized spacial score (nSPS) is 24.5. The second kappa shape index (κ2) is 7.06. The van der Waals surface area contributed by atoms with Crippen LogP contribution in [-0.4, -0.2) is 37.3 Å². The summed E-state index contributed by atoms with van der Waals surface area (Å²) < 4.78 is 0. The molecule has 2 heterocycles. The number of urea groups is 1. The van der Waals surface area contributed by atoms with Crippen LogP contribution in [0.3, 0.4) is 0 Å². The third kappa shape index (κ3) is 3.23. The summed E-state index contributed by atoms with van der Waals surface area (Å²) in [7, 11) is 0. The SMILES string of the molecule is C[C@@H]1CCCC[C@@]12NC(=O)N(Cc1nc(N)nc(Nc3ccccc3)n1)C2=O. The molecule has 4 N–H and O–H groups in total. The second-order valence-electron chi connectivity index (χ2n) is 7.36. The van der Waals surface area contributed by atoms with Crippen molar-refractivity contribution in [3.05, 3.63) is 36.2 Å². The summed E-state index contributed by atoms with van der Waals surface area (Å²) in [4.78, 5) is 39.3. The Morgan fingerprint density at radius 1 is 1.21 bits per heavy atom. The summed E-state index contributed by atoms with van der Waals surface area (Å²) in [5.41, 5.74) is 5.80. The number of anilines is 3. The molecular formula is C19H23N7O2. The van der Waals surface area contributed by atoms with Gasteiger partial charge in [-0.05, 0) is 30.9 Å². The minimum Gasteiger partial charge on any atom is -0.368 e. The lowest BCUT2D eigenvalue weighted by molar-refractivity contribution is -0.134. The number of nitrogen functional groups attached to an aromatic ring is 1. The van der Waals surface area contributed by atoms with E-state index in [-0.39, 0.29) is 36.1 Å². The van der Waals surface area contributed by atoms with Crippen molar-refractivity contribution in [1.29, 1.82) is 0 Å². The minimum atomic E-state index is -0.807. The maximum absolute atomic E-state index is 13.1. The topological polar surface area (TPSA) is 126 Å². The average molecular weight is 381 g/mol. The minimum absolute atomic E-state index is 0.0243. The van der Waals surface area contributed by atoms with Crippen LogP contribution in [0.4, 0.5) is 22.4 Å². The van der Waals surface area contributed by atoms with Crippen LogP contribution in [0, 0.1) is 5.92 Å². The zero-order chi connectivity index (χ0) is 19.7. The smallest absolute Gasteiger partial charge is 0.325 e. The highest BCUT2D eigenvalue weighted by Crippen LogP contribution is 2.38. The summed E-state index contributed by atoms with van der Waals surface area (Å²) in [6.45, 7) is 1.97. The van der Waals surface area contributed by atoms with Gasteiger partial charge < -0.3 is 16.4 Å². The van der Waals surface area contributed by atoms with Gasteiger partial charge in [0.2, 0.25) is 11.9 Å². The van der Waals surface area contributed by atoms with Gasteiger partial charge in [-0.15, -0.1) is 0 Å². The third-order valence-corrected chi connectivity index (χ3v) is 5.53. The zero-order valence-corrected chi connectivity index (χ0v) is 15.7. The van der Waals surface area contributed by atoms with Crippen molar-refractivity contribution in [2.45, 2.75) is 44.7 Å². The molecule has 0 unspecified atom stereocenters. The Balaban J connectivity index is 1.55. The van der Waals surface area contributed by atoms with Gasteiger partial charge in [0, 0.05) is 5.69 Å². The van der Waals surface area contributed by atoms with Gasteiger partial charge in [0.05, 0.1) is 6.54 Å². The quantitative estimate of drug-likeness (QED) is 0.693. The fourth-order valence-corrected chi connectivity index (χ4v) is 4.00. The van der Waals surface area contributed by atoms with Crippen LogP contribution >= 0.6 is 0 Å². The first-order valence-corrected chi connectivity index (χ1v) is 9.44. The van der Waals surface area contributed by atoms with Gasteiger partial charge in [-0.2, -0.15) is 15.0 Å². The van der Waals surface area contributed by atoms with Crippen LogP contribution in [0.2, 0.25) is 0 Å². The summed E-state index contributed by atoms with van der Waals surface area (Å²) in [5, 5.41) is 5.98. The van der Waals surface area contributed by atoms with Crippen molar-refractivity contribution >= 4 is 29.5 Å². The van der Waals surface area contributed by atoms with Crippen molar-refractivity contribution in [1.82, 2.24) is 25.2 Å². The van der Waals surface area contributed by atoms with E-state index in [0.717, 1.165) is 24.9 Å². The predicted octanol–water partition coefficient (Wildman–Crippen LogP) is 2.20. The number of nitrogens with zero attached hydrogens (tertiary/aromatic N) is 4. The maximum atomic E-state index is 13.1. The van der Waals surface area contributed by atoms with Gasteiger partial charge in [-0.3, -0.25) is 9.69 Å². The largest absolute Gasteiger partial charge is 0.368 e. The molecule has 1 aromatic carbocycles. The molecule has 1 spiro atoms. The van der Waals surface area contributed by atoms with Crippen LogP contribution in [0.5, 0.6) is 0 Å². The molecule has 1 aliphatic heterocycles. The molecule has 28 heavy (non-hydrogen) atoms. The number of nitrogens with one attached hydrogen (secondary N) is 2. The van der Waals surface area contributed by atoms with Crippen LogP contribution in [0.25, 0.3) is 0 Å². The molecule has 0 bridgehead atoms. The summed E-state index contributed by atoms with van der Waals surface area (Å²) in [5.74, 6) is 0.440. The first-order valence-electron chi connectivity index (χ1n) is 9.44. The van der Waals surface area contributed by atoms with Crippen LogP contribution in [-0.2, 0) is 11.3 Å². The molecule has 146 valence electrons. The molecule has 9 nitrogen and oxygen atoms in total. The van der Waals surface area contributed by atoms with Gasteiger partial charge in [-0.1, -0.05) is 38.0 Å². The van der Waals surface area contributed by atoms with Crippen molar-refractivity contribution in [2.75, 3.05) is 11.1 Å². The number of para-hydroxylation sites is 1. The van der Waals surface area contributed by atoms with Crippen LogP contribution in [0.15, 0.2) is 30.3 Å². The third-order valence-electron chi connectivity index (χ3n) is 5.53. The summed E-state index contributed by atoms with van der Waals surface area (Å²) >= 11 is 0. The number of amides is 3. The molecular weight excluding hydrogens is 358 g/mol. The predicted molar refractivity (Wildman–Crippen MR) is 103 cm³/mol. The Morgan fingerprint density at radius 3 is 2.75 bits per heavy atom. The average Bonchev–Trinajstić information content (AvgIpc) is 2.90. The number of carbonyl (C=O) groups excluding carboxylic acids is 2. The number of hydrogen-bond acceptors (Lipinski definition) is 7. The number of nitrogens with two attached hydrogens (primary N) is 1. The second-order valence-corrected chi connectivity index (χ2v) is 7.36. The molecule has 2 aliphatic rings. The van der Waals surface area contributed by atoms with E-state index in [1.165, 1.54) is 4.90 Å². The Morgan fingerprint density at radius 2 is 2.00 bits per heavy atom. The number of imide groups is 1. The van der Waals surface area contributed by atoms with Gasteiger partial charge in [0.1, 0.15) is 5.54 Å². The van der Waals surface area contributed by atoms with E-state index >= 15 is 0 Å². The van der Waals surface area contributed by atoms with Crippen molar-refractivity contribution < 1.29 is 9.59 Å². The lowest BCUT2D eigenvalue weighted by Gasteiger charge is -2.36. The summed E-state index contributed by atoms with van der Waals surface area (Å²) in [6.07, 6.45) is 3.58. The number of hydrogen-bond donors (Lipinski definition) is 3. The van der Waals surface area contributed by atoms with E-state index in [1.54, 1.807) is 0 Å². The first kappa shape index (κ1) is 18.1. The van der Waals surface area contributed by atoms with E-state index in [0.29, 0.717) is 6.42 Å². The van der Waals surface area contributed by atoms with Crippen LogP contribution < -0.4 is 16.4 Å². The number of benzene rings is 1. The lowest BCUT2D eigenvalue weighted by atomic mass is 9.73. The Hall–Kier alpha value is -3.23. The van der Waals surface area contributed by atoms with Crippen molar-refractivity contribution in [2.24, 2.45) is 5.92 Å². The van der Waals surface area contributed by atoms with E-state index in [9.17, 15) is 9.59 Å². The Kier molecular flexibility index (Phi) is 4.58. The van der Waals surface area contributed by atoms with E-state index < -0.39 is 11.6 Å². The molecule has 1 aliphatic carbocycles. The highest BCUT2D eigenvalue weighted by molar-refractivity contribution is 6.07. The Bertz CT molecular complexity index is 904. The van der Waals surface area contributed by atoms with Gasteiger partial charge >= 0.3 is 6.03 Å². The Labute approximate surface area is 162 Å². The molecule has 1 saturated heterocycles. The standard InChI is InChI=1S/C19H23N7O2/c1-12-7-5-6-10-19(12)15(27)26(18(28)25-19)11-14-22-16(20)24-17(23-14)21-13-8-3-2-4-9-13/h2-4,8-9,12H,5-7,10-11H2,1H3,(H,25,28)(H3,20,21,22,23,24)/t12-,19-/m1/s1. The highest BCUT2D eigenvalue weighted by Gasteiger charge is 2.54. The molecule has 1 aromatic heterocycles. The molecule has 2 atom stereocenters. The number of rotatable bonds is 4. The van der Waals surface area contributed by atoms with Gasteiger partial charge in [0.15, 0.2) is 5.82 Å². The van der Waals surface area contributed by atoms with Gasteiger partial charge in [0.25, 0.3) is 5.91 Å². The molecule has 4 rings (SSSR count). The first-order chi connectivity index (χ1) is 13.5. The molecule has 2 aromatic rings. The number of carbonyl (C=O) groups is 2. The lowest BCUT2D eigenvalue weighted by Crippen LogP contribution is -2.53. The van der Waals surface area contributed by atoms with E-state index in [1.807, 2.05) is 37.3 Å². The molecule has 3 amide bonds. The monoisotopic (exact) mass is 381 g/mol. The molecule has 0 radical (unpaired) electrons. The van der Waals surface area contributed by atoms with Crippen molar-refractivity contribution in [3.8, 4) is 0 Å². The fraction of sp³-hybridized carbons (Fsp3) is 0.421. The fourth-order valence-electron chi connectivity index (χ4n) is 4.00. The van der Waals surface area contributed by atoms with E-state index in [2.05, 4.69) is 25.6 Å². The van der Waals surface area contributed by atoms with Crippen molar-refractivity contribution in [3.63, 3.8) is 0 Å². The molecule has 2 fully saturated rings. The zero-order valence-electron chi connectivity index (χ0n) is 15.7. The summed E-state index contributed by atoms with van der Waals surface area (Å²) in [6, 6.07) is 8.99. The van der Waals surface area contributed by atoms with Gasteiger partial charge in [-0.25, -0.2) is 4.79 Å². The van der Waals surface area contributed by atoms with E-state index in [4.69, 9.17) is 5.73 Å². The molecule has 1 saturated carbocycles. The van der Waals surface area contributed by atoms with Crippen LogP contribution in [0.1, 0.15) is 38.4 Å². The highest BCUT2D eigenvalue weighted by atomic mass is 16.2. The maximum Gasteiger partial charge on any atom is 0.325 e.